The maximum Gasteiger partial charge on any atom is 0.317 e. The highest BCUT2D eigenvalue weighted by atomic mass is 32.2. The number of carboxylic acids is 1. The van der Waals surface area contributed by atoms with Crippen LogP contribution in [-0.2, 0) is 20.6 Å². The van der Waals surface area contributed by atoms with Gasteiger partial charge in [0, 0.05) is 24.7 Å². The third kappa shape index (κ3) is 4.99. The first-order valence-electron chi connectivity index (χ1n) is 7.93. The summed E-state index contributed by atoms with van der Waals surface area (Å²) in [7, 11) is -1.86. The molecule has 0 bridgehead atoms. The monoisotopic (exact) mass is 358 g/mol. The van der Waals surface area contributed by atoms with E-state index in [0.29, 0.717) is 25.9 Å². The molecule has 8 heteroatoms. The van der Waals surface area contributed by atoms with Gasteiger partial charge in [0.2, 0.25) is 10.0 Å². The maximum absolute atomic E-state index is 13.7. The summed E-state index contributed by atoms with van der Waals surface area (Å²) in [5.74, 6) is -1.77. The van der Waals surface area contributed by atoms with E-state index in [-0.39, 0.29) is 23.9 Å². The van der Waals surface area contributed by atoms with Crippen LogP contribution in [0.3, 0.4) is 0 Å². The lowest BCUT2D eigenvalue weighted by molar-refractivity contribution is -0.138. The van der Waals surface area contributed by atoms with E-state index in [1.807, 2.05) is 0 Å². The summed E-state index contributed by atoms with van der Waals surface area (Å²) in [6.07, 6.45) is 1.97. The number of hydrogen-bond donors (Lipinski definition) is 1. The fourth-order valence-corrected chi connectivity index (χ4v) is 4.62. The van der Waals surface area contributed by atoms with E-state index in [1.165, 1.54) is 22.5 Å². The molecular formula is C16H23FN2O4S. The Balaban J connectivity index is 2.02. The van der Waals surface area contributed by atoms with Gasteiger partial charge in [-0.2, -0.15) is 0 Å². The molecule has 1 fully saturated rings. The molecule has 2 rings (SSSR count). The average molecular weight is 358 g/mol. The lowest BCUT2D eigenvalue weighted by Gasteiger charge is -2.25. The SMILES string of the molecule is CN(CC(=O)O)C1CCCN(S(=O)(=O)Cc2ccccc2F)CC1. The third-order valence-electron chi connectivity index (χ3n) is 4.35. The van der Waals surface area contributed by atoms with Crippen molar-refractivity contribution in [3.05, 3.63) is 35.6 Å². The fraction of sp³-hybridized carbons (Fsp3) is 0.562. The van der Waals surface area contributed by atoms with Crippen LogP contribution in [-0.4, -0.2) is 61.4 Å². The minimum Gasteiger partial charge on any atom is -0.480 e. The van der Waals surface area contributed by atoms with E-state index in [0.717, 1.165) is 6.42 Å². The number of nitrogens with zero attached hydrogens (tertiary/aromatic N) is 2. The van der Waals surface area contributed by atoms with Crippen LogP contribution >= 0.6 is 0 Å². The Morgan fingerprint density at radius 1 is 1.33 bits per heavy atom. The lowest BCUT2D eigenvalue weighted by atomic mass is 10.1. The van der Waals surface area contributed by atoms with Crippen LogP contribution in [0.15, 0.2) is 24.3 Å². The van der Waals surface area contributed by atoms with Crippen molar-refractivity contribution < 1.29 is 22.7 Å². The number of rotatable bonds is 6. The summed E-state index contributed by atoms with van der Waals surface area (Å²) >= 11 is 0. The Morgan fingerprint density at radius 3 is 2.71 bits per heavy atom. The van der Waals surface area contributed by atoms with Crippen molar-refractivity contribution in [1.82, 2.24) is 9.21 Å². The largest absolute Gasteiger partial charge is 0.480 e. The van der Waals surface area contributed by atoms with Crippen LogP contribution in [0.5, 0.6) is 0 Å². The Hall–Kier alpha value is -1.51. The van der Waals surface area contributed by atoms with Gasteiger partial charge in [-0.1, -0.05) is 18.2 Å². The van der Waals surface area contributed by atoms with Gasteiger partial charge >= 0.3 is 5.97 Å². The molecule has 1 saturated heterocycles. The van der Waals surface area contributed by atoms with Crippen LogP contribution in [0.4, 0.5) is 4.39 Å². The van der Waals surface area contributed by atoms with Crippen molar-refractivity contribution in [2.24, 2.45) is 0 Å². The fourth-order valence-electron chi connectivity index (χ4n) is 3.02. The van der Waals surface area contributed by atoms with E-state index in [1.54, 1.807) is 18.0 Å². The Morgan fingerprint density at radius 2 is 2.04 bits per heavy atom. The number of halogens is 1. The molecule has 0 aliphatic carbocycles. The van der Waals surface area contributed by atoms with Gasteiger partial charge in [0.1, 0.15) is 5.82 Å². The number of benzene rings is 1. The number of carboxylic acid groups (broad SMARTS) is 1. The second-order valence-electron chi connectivity index (χ2n) is 6.14. The minimum absolute atomic E-state index is 0.0368. The molecule has 0 spiro atoms. The molecule has 0 amide bonds. The molecule has 6 nitrogen and oxygen atoms in total. The summed E-state index contributed by atoms with van der Waals surface area (Å²) in [5.41, 5.74) is 0.168. The summed E-state index contributed by atoms with van der Waals surface area (Å²) in [6, 6.07) is 5.92. The third-order valence-corrected chi connectivity index (χ3v) is 6.18. The lowest BCUT2D eigenvalue weighted by Crippen LogP contribution is -2.37. The van der Waals surface area contributed by atoms with Crippen molar-refractivity contribution in [2.45, 2.75) is 31.1 Å². The van der Waals surface area contributed by atoms with Crippen LogP contribution in [0.1, 0.15) is 24.8 Å². The average Bonchev–Trinajstić information content (AvgIpc) is 2.75. The standard InChI is InChI=1S/C16H23FN2O4S/c1-18(11-16(20)21)14-6-4-9-19(10-8-14)24(22,23)12-13-5-2-3-7-15(13)17/h2-3,5,7,14H,4,6,8-12H2,1H3,(H,20,21). The zero-order chi connectivity index (χ0) is 17.7. The second-order valence-corrected chi connectivity index (χ2v) is 8.11. The van der Waals surface area contributed by atoms with Gasteiger partial charge in [-0.05, 0) is 32.4 Å². The van der Waals surface area contributed by atoms with Crippen LogP contribution in [0.2, 0.25) is 0 Å². The van der Waals surface area contributed by atoms with E-state index < -0.39 is 21.8 Å². The first kappa shape index (κ1) is 18.8. The molecule has 1 aromatic carbocycles. The van der Waals surface area contributed by atoms with E-state index in [4.69, 9.17) is 5.11 Å². The molecule has 0 aromatic heterocycles. The Bertz CT molecular complexity index is 680. The number of carbonyl (C=O) groups is 1. The molecule has 134 valence electrons. The van der Waals surface area contributed by atoms with Crippen molar-refractivity contribution in [3.63, 3.8) is 0 Å². The molecule has 1 N–H and O–H groups in total. The first-order valence-corrected chi connectivity index (χ1v) is 9.54. The smallest absolute Gasteiger partial charge is 0.317 e. The van der Waals surface area contributed by atoms with Crippen LogP contribution < -0.4 is 0 Å². The van der Waals surface area contributed by atoms with Gasteiger partial charge in [-0.15, -0.1) is 0 Å². The van der Waals surface area contributed by atoms with Gasteiger partial charge in [0.05, 0.1) is 12.3 Å². The molecule has 1 aliphatic rings. The van der Waals surface area contributed by atoms with Crippen molar-refractivity contribution >= 4 is 16.0 Å². The molecule has 1 atom stereocenters. The van der Waals surface area contributed by atoms with Gasteiger partial charge < -0.3 is 5.11 Å². The van der Waals surface area contributed by atoms with Crippen LogP contribution in [0, 0.1) is 5.82 Å². The number of hydrogen-bond acceptors (Lipinski definition) is 4. The van der Waals surface area contributed by atoms with E-state index in [9.17, 15) is 17.6 Å². The van der Waals surface area contributed by atoms with Gasteiger partial charge in [-0.25, -0.2) is 17.1 Å². The molecule has 1 heterocycles. The highest BCUT2D eigenvalue weighted by molar-refractivity contribution is 7.88. The Labute approximate surface area is 141 Å². The summed E-state index contributed by atoms with van der Waals surface area (Å²) in [4.78, 5) is 12.6. The number of likely N-dealkylation sites (N-methyl/N-ethyl adjacent to an activating group) is 1. The topological polar surface area (TPSA) is 77.9 Å². The molecule has 1 aliphatic heterocycles. The predicted octanol–water partition coefficient (Wildman–Crippen LogP) is 1.53. The Kier molecular flexibility index (Phi) is 6.31. The molecule has 0 saturated carbocycles. The quantitative estimate of drug-likeness (QED) is 0.834. The molecule has 1 aromatic rings. The van der Waals surface area contributed by atoms with Crippen molar-refractivity contribution in [2.75, 3.05) is 26.7 Å². The number of aliphatic carboxylic acids is 1. The maximum atomic E-state index is 13.7. The minimum atomic E-state index is -3.60. The van der Waals surface area contributed by atoms with E-state index >= 15 is 0 Å². The van der Waals surface area contributed by atoms with E-state index in [2.05, 4.69) is 0 Å². The van der Waals surface area contributed by atoms with Crippen molar-refractivity contribution in [1.29, 1.82) is 0 Å². The highest BCUT2D eigenvalue weighted by Gasteiger charge is 2.28. The zero-order valence-corrected chi connectivity index (χ0v) is 14.5. The highest BCUT2D eigenvalue weighted by Crippen LogP contribution is 2.21. The molecule has 24 heavy (non-hydrogen) atoms. The molecule has 0 radical (unpaired) electrons. The molecular weight excluding hydrogens is 335 g/mol. The van der Waals surface area contributed by atoms with Gasteiger partial charge in [-0.3, -0.25) is 9.69 Å². The van der Waals surface area contributed by atoms with Crippen molar-refractivity contribution in [3.8, 4) is 0 Å². The predicted molar refractivity (Wildman–Crippen MR) is 88.5 cm³/mol. The summed E-state index contributed by atoms with van der Waals surface area (Å²) in [6.45, 7) is 0.645. The van der Waals surface area contributed by atoms with Gasteiger partial charge in [0.25, 0.3) is 0 Å². The first-order chi connectivity index (χ1) is 11.3. The summed E-state index contributed by atoms with van der Waals surface area (Å²) < 4.78 is 40.2. The van der Waals surface area contributed by atoms with Crippen LogP contribution in [0.25, 0.3) is 0 Å². The number of sulfonamides is 1. The molecule has 1 unspecified atom stereocenters. The van der Waals surface area contributed by atoms with Gasteiger partial charge in [0.15, 0.2) is 0 Å². The normalized spacial score (nSPS) is 20.0. The summed E-state index contributed by atoms with van der Waals surface area (Å²) in [5, 5.41) is 8.87. The second kappa shape index (κ2) is 8.04. The zero-order valence-electron chi connectivity index (χ0n) is 13.7.